The van der Waals surface area contributed by atoms with Crippen LogP contribution in [0.5, 0.6) is 0 Å². The van der Waals surface area contributed by atoms with Crippen molar-refractivity contribution in [1.29, 1.82) is 0 Å². The first-order valence-electron chi connectivity index (χ1n) is 5.65. The lowest BCUT2D eigenvalue weighted by Gasteiger charge is -2.23. The second kappa shape index (κ2) is 5.56. The molecule has 1 fully saturated rings. The van der Waals surface area contributed by atoms with Gasteiger partial charge in [-0.3, -0.25) is 0 Å². The lowest BCUT2D eigenvalue weighted by Crippen LogP contribution is -2.42. The summed E-state index contributed by atoms with van der Waals surface area (Å²) < 4.78 is 9.88. The Balaban J connectivity index is 1.79. The van der Waals surface area contributed by atoms with Crippen LogP contribution in [0.1, 0.15) is 25.6 Å². The van der Waals surface area contributed by atoms with Crippen LogP contribution in [0.25, 0.3) is 0 Å². The van der Waals surface area contributed by atoms with Gasteiger partial charge in [0.05, 0.1) is 12.7 Å². The molecule has 1 atom stereocenters. The topological polar surface area (TPSA) is 59.1 Å². The summed E-state index contributed by atoms with van der Waals surface area (Å²) in [5.41, 5.74) is 0. The molecule has 0 bridgehead atoms. The molecule has 1 unspecified atom stereocenters. The molecule has 1 saturated heterocycles. The fourth-order valence-electron chi connectivity index (χ4n) is 1.49. The molecule has 2 heterocycles. The molecule has 1 aliphatic rings. The van der Waals surface area contributed by atoms with Crippen molar-refractivity contribution in [3.8, 4) is 0 Å². The highest BCUT2D eigenvalue weighted by atomic mass is 32.1. The highest BCUT2D eigenvalue weighted by Gasteiger charge is 2.14. The predicted octanol–water partition coefficient (Wildman–Crippen LogP) is 1.06. The molecule has 1 aromatic rings. The van der Waals surface area contributed by atoms with E-state index in [0.29, 0.717) is 5.92 Å². The first-order valence-corrected chi connectivity index (χ1v) is 6.43. The maximum Gasteiger partial charge on any atom is 0.202 e. The van der Waals surface area contributed by atoms with Crippen LogP contribution in [0, 0.1) is 0 Å². The number of hydrogen-bond donors (Lipinski definition) is 2. The average Bonchev–Trinajstić information content (AvgIpc) is 2.76. The quantitative estimate of drug-likeness (QED) is 0.827. The van der Waals surface area contributed by atoms with Crippen molar-refractivity contribution in [3.05, 3.63) is 5.82 Å². The third-order valence-corrected chi connectivity index (χ3v) is 3.13. The first kappa shape index (κ1) is 11.8. The molecule has 0 aromatic carbocycles. The fourth-order valence-corrected chi connectivity index (χ4v) is 2.21. The van der Waals surface area contributed by atoms with E-state index in [4.69, 9.17) is 4.74 Å². The van der Waals surface area contributed by atoms with E-state index in [1.807, 2.05) is 0 Å². The van der Waals surface area contributed by atoms with Crippen molar-refractivity contribution in [1.82, 2.24) is 14.7 Å². The number of aromatic nitrogens is 2. The van der Waals surface area contributed by atoms with Crippen LogP contribution in [-0.4, -0.2) is 41.7 Å². The Labute approximate surface area is 99.8 Å². The third-order valence-electron chi connectivity index (χ3n) is 2.44. The van der Waals surface area contributed by atoms with Gasteiger partial charge < -0.3 is 15.4 Å². The second-order valence-corrected chi connectivity index (χ2v) is 4.94. The summed E-state index contributed by atoms with van der Waals surface area (Å²) in [5.74, 6) is 1.30. The second-order valence-electron chi connectivity index (χ2n) is 4.19. The van der Waals surface area contributed by atoms with Crippen LogP contribution in [0.15, 0.2) is 0 Å². The number of ether oxygens (including phenoxy) is 1. The van der Waals surface area contributed by atoms with Gasteiger partial charge in [0.25, 0.3) is 0 Å². The van der Waals surface area contributed by atoms with Crippen LogP contribution in [0.3, 0.4) is 0 Å². The molecule has 6 heteroatoms. The smallest absolute Gasteiger partial charge is 0.202 e. The SMILES string of the molecule is CC(C)c1nsc(NCC2CNCCO2)n1. The Kier molecular flexibility index (Phi) is 4.09. The van der Waals surface area contributed by atoms with Crippen molar-refractivity contribution in [2.45, 2.75) is 25.9 Å². The number of rotatable bonds is 4. The minimum atomic E-state index is 0.236. The van der Waals surface area contributed by atoms with E-state index in [0.717, 1.165) is 37.2 Å². The van der Waals surface area contributed by atoms with Gasteiger partial charge >= 0.3 is 0 Å². The van der Waals surface area contributed by atoms with Crippen molar-refractivity contribution in [2.24, 2.45) is 0 Å². The van der Waals surface area contributed by atoms with E-state index < -0.39 is 0 Å². The Morgan fingerprint density at radius 3 is 3.12 bits per heavy atom. The van der Waals surface area contributed by atoms with Gasteiger partial charge in [0.2, 0.25) is 5.13 Å². The standard InChI is InChI=1S/C10H18N4OS/c1-7(2)9-13-10(16-14-9)12-6-8-5-11-3-4-15-8/h7-8,11H,3-6H2,1-2H3,(H,12,13,14). The molecule has 1 aliphatic heterocycles. The largest absolute Gasteiger partial charge is 0.374 e. The zero-order chi connectivity index (χ0) is 11.4. The highest BCUT2D eigenvalue weighted by Crippen LogP contribution is 2.17. The number of hydrogen-bond acceptors (Lipinski definition) is 6. The highest BCUT2D eigenvalue weighted by molar-refractivity contribution is 7.09. The summed E-state index contributed by atoms with van der Waals surface area (Å²) >= 11 is 1.42. The molecular weight excluding hydrogens is 224 g/mol. The molecule has 5 nitrogen and oxygen atoms in total. The van der Waals surface area contributed by atoms with E-state index in [2.05, 4.69) is 33.8 Å². The molecule has 0 spiro atoms. The predicted molar refractivity (Wildman–Crippen MR) is 65.1 cm³/mol. The Morgan fingerprint density at radius 1 is 1.62 bits per heavy atom. The summed E-state index contributed by atoms with van der Waals surface area (Å²) in [6, 6.07) is 0. The van der Waals surface area contributed by atoms with Gasteiger partial charge in [-0.25, -0.2) is 4.98 Å². The molecule has 90 valence electrons. The van der Waals surface area contributed by atoms with Crippen LogP contribution in [0.4, 0.5) is 5.13 Å². The molecule has 2 N–H and O–H groups in total. The molecular formula is C10H18N4OS. The lowest BCUT2D eigenvalue weighted by molar-refractivity contribution is 0.0372. The minimum absolute atomic E-state index is 0.236. The van der Waals surface area contributed by atoms with Gasteiger partial charge in [0.1, 0.15) is 5.82 Å². The van der Waals surface area contributed by atoms with E-state index in [-0.39, 0.29) is 6.10 Å². The summed E-state index contributed by atoms with van der Waals surface area (Å²) in [6.07, 6.45) is 0.236. The third kappa shape index (κ3) is 3.13. The lowest BCUT2D eigenvalue weighted by atomic mass is 10.2. The van der Waals surface area contributed by atoms with Crippen LogP contribution < -0.4 is 10.6 Å². The van der Waals surface area contributed by atoms with Crippen molar-refractivity contribution >= 4 is 16.7 Å². The fraction of sp³-hybridized carbons (Fsp3) is 0.800. The summed E-state index contributed by atoms with van der Waals surface area (Å²) in [7, 11) is 0. The Morgan fingerprint density at radius 2 is 2.50 bits per heavy atom. The first-order chi connectivity index (χ1) is 7.75. The number of anilines is 1. The van der Waals surface area contributed by atoms with Crippen molar-refractivity contribution < 1.29 is 4.74 Å². The van der Waals surface area contributed by atoms with E-state index in [1.54, 1.807) is 0 Å². The summed E-state index contributed by atoms with van der Waals surface area (Å²) in [6.45, 7) is 7.63. The van der Waals surface area contributed by atoms with Gasteiger partial charge in [-0.1, -0.05) is 13.8 Å². The van der Waals surface area contributed by atoms with Crippen molar-refractivity contribution in [2.75, 3.05) is 31.6 Å². The van der Waals surface area contributed by atoms with Gasteiger partial charge in [-0.15, -0.1) is 0 Å². The maximum absolute atomic E-state index is 5.59. The molecule has 0 saturated carbocycles. The Bertz CT molecular complexity index is 322. The molecule has 1 aromatic heterocycles. The van der Waals surface area contributed by atoms with Crippen LogP contribution >= 0.6 is 11.5 Å². The maximum atomic E-state index is 5.59. The molecule has 16 heavy (non-hydrogen) atoms. The van der Waals surface area contributed by atoms with Gasteiger partial charge in [-0.2, -0.15) is 4.37 Å². The summed E-state index contributed by atoms with van der Waals surface area (Å²) in [4.78, 5) is 4.41. The van der Waals surface area contributed by atoms with E-state index in [1.165, 1.54) is 11.5 Å². The van der Waals surface area contributed by atoms with Crippen LogP contribution in [0.2, 0.25) is 0 Å². The van der Waals surface area contributed by atoms with E-state index in [9.17, 15) is 0 Å². The van der Waals surface area contributed by atoms with Crippen molar-refractivity contribution in [3.63, 3.8) is 0 Å². The minimum Gasteiger partial charge on any atom is -0.374 e. The van der Waals surface area contributed by atoms with E-state index >= 15 is 0 Å². The molecule has 0 amide bonds. The summed E-state index contributed by atoms with van der Waals surface area (Å²) in [5, 5.41) is 7.45. The number of morpholine rings is 1. The molecule has 0 aliphatic carbocycles. The Hall–Kier alpha value is -0.720. The molecule has 0 radical (unpaired) electrons. The number of nitrogens with zero attached hydrogens (tertiary/aromatic N) is 2. The molecule has 2 rings (SSSR count). The van der Waals surface area contributed by atoms with Gasteiger partial charge in [-0.05, 0) is 0 Å². The monoisotopic (exact) mass is 242 g/mol. The normalized spacial score (nSPS) is 21.3. The van der Waals surface area contributed by atoms with Gasteiger partial charge in [0.15, 0.2) is 0 Å². The number of nitrogens with one attached hydrogen (secondary N) is 2. The van der Waals surface area contributed by atoms with Gasteiger partial charge in [0, 0.05) is 37.1 Å². The van der Waals surface area contributed by atoms with Crippen LogP contribution in [-0.2, 0) is 4.74 Å². The average molecular weight is 242 g/mol. The zero-order valence-corrected chi connectivity index (χ0v) is 10.5. The zero-order valence-electron chi connectivity index (χ0n) is 9.69.